The zero-order valence-corrected chi connectivity index (χ0v) is 10.6. The number of amides is 1. The molecule has 19 heavy (non-hydrogen) atoms. The Morgan fingerprint density at radius 1 is 1.21 bits per heavy atom. The highest BCUT2D eigenvalue weighted by Crippen LogP contribution is 2.12. The second kappa shape index (κ2) is 5.86. The first-order chi connectivity index (χ1) is 9.19. The molecule has 0 aliphatic heterocycles. The molecule has 98 valence electrons. The number of pyridine rings is 1. The number of anilines is 1. The Bertz CT molecular complexity index is 550. The van der Waals surface area contributed by atoms with Crippen molar-refractivity contribution in [2.75, 3.05) is 12.4 Å². The predicted molar refractivity (Wildman–Crippen MR) is 73.1 cm³/mol. The molecule has 2 rings (SSSR count). The molecule has 0 bridgehead atoms. The van der Waals surface area contributed by atoms with E-state index in [1.807, 2.05) is 12.1 Å². The summed E-state index contributed by atoms with van der Waals surface area (Å²) in [5, 5.41) is 14.9. The summed E-state index contributed by atoms with van der Waals surface area (Å²) in [7, 11) is 1.60. The average Bonchev–Trinajstić information content (AvgIpc) is 2.46. The van der Waals surface area contributed by atoms with Gasteiger partial charge in [0.1, 0.15) is 5.75 Å². The number of nitrogens with one attached hydrogen (secondary N) is 2. The van der Waals surface area contributed by atoms with Crippen molar-refractivity contribution in [3.63, 3.8) is 0 Å². The van der Waals surface area contributed by atoms with Crippen LogP contribution in [0.5, 0.6) is 5.75 Å². The molecule has 0 saturated heterocycles. The first-order valence-corrected chi connectivity index (χ1v) is 5.89. The van der Waals surface area contributed by atoms with Crippen LogP contribution in [0.2, 0.25) is 0 Å². The van der Waals surface area contributed by atoms with E-state index >= 15 is 0 Å². The van der Waals surface area contributed by atoms with Gasteiger partial charge in [-0.05, 0) is 36.4 Å². The minimum atomic E-state index is -0.105. The van der Waals surface area contributed by atoms with Crippen molar-refractivity contribution in [2.45, 2.75) is 6.54 Å². The number of aromatic hydroxyl groups is 1. The van der Waals surface area contributed by atoms with Crippen LogP contribution in [0, 0.1) is 0 Å². The van der Waals surface area contributed by atoms with Gasteiger partial charge in [-0.25, -0.2) is 0 Å². The van der Waals surface area contributed by atoms with Crippen molar-refractivity contribution in [3.8, 4) is 5.75 Å². The summed E-state index contributed by atoms with van der Waals surface area (Å²) < 4.78 is 0. The van der Waals surface area contributed by atoms with Gasteiger partial charge in [0.05, 0.1) is 18.4 Å². The maximum absolute atomic E-state index is 11.4. The lowest BCUT2D eigenvalue weighted by molar-refractivity contribution is 0.0963. The second-order valence-electron chi connectivity index (χ2n) is 4.02. The van der Waals surface area contributed by atoms with Crippen molar-refractivity contribution in [1.29, 1.82) is 0 Å². The standard InChI is InChI=1S/C14H15N3O2/c1-15-14(19)10-2-4-11(5-3-10)16-8-12-6-7-13(18)9-17-12/h2-7,9,16,18H,8H2,1H3,(H,15,19). The van der Waals surface area contributed by atoms with Gasteiger partial charge in [-0.15, -0.1) is 0 Å². The highest BCUT2D eigenvalue weighted by molar-refractivity contribution is 5.94. The van der Waals surface area contributed by atoms with Crippen molar-refractivity contribution < 1.29 is 9.90 Å². The summed E-state index contributed by atoms with van der Waals surface area (Å²) >= 11 is 0. The topological polar surface area (TPSA) is 74.2 Å². The predicted octanol–water partition coefficient (Wildman–Crippen LogP) is 1.76. The van der Waals surface area contributed by atoms with E-state index in [9.17, 15) is 4.79 Å². The molecule has 3 N–H and O–H groups in total. The number of carbonyl (C=O) groups is 1. The lowest BCUT2D eigenvalue weighted by atomic mass is 10.2. The zero-order chi connectivity index (χ0) is 13.7. The van der Waals surface area contributed by atoms with Crippen molar-refractivity contribution in [3.05, 3.63) is 53.9 Å². The number of nitrogens with zero attached hydrogens (tertiary/aromatic N) is 1. The fourth-order valence-corrected chi connectivity index (χ4v) is 1.60. The molecule has 0 radical (unpaired) electrons. The quantitative estimate of drug-likeness (QED) is 0.780. The summed E-state index contributed by atoms with van der Waals surface area (Å²) in [6, 6.07) is 10.5. The van der Waals surface area contributed by atoms with Gasteiger partial charge in [0.15, 0.2) is 0 Å². The van der Waals surface area contributed by atoms with E-state index in [0.29, 0.717) is 12.1 Å². The number of hydrogen-bond donors (Lipinski definition) is 3. The molecular formula is C14H15N3O2. The number of rotatable bonds is 4. The summed E-state index contributed by atoms with van der Waals surface area (Å²) in [6.45, 7) is 0.555. The Morgan fingerprint density at radius 3 is 2.53 bits per heavy atom. The molecule has 0 aliphatic carbocycles. The highest BCUT2D eigenvalue weighted by atomic mass is 16.3. The van der Waals surface area contributed by atoms with E-state index in [2.05, 4.69) is 15.6 Å². The summed E-state index contributed by atoms with van der Waals surface area (Å²) in [6.07, 6.45) is 1.41. The third-order valence-electron chi connectivity index (χ3n) is 2.66. The van der Waals surface area contributed by atoms with Gasteiger partial charge < -0.3 is 15.7 Å². The van der Waals surface area contributed by atoms with Gasteiger partial charge in [0.25, 0.3) is 5.91 Å². The number of aromatic nitrogens is 1. The molecule has 0 aliphatic rings. The van der Waals surface area contributed by atoms with Crippen LogP contribution in [0.15, 0.2) is 42.6 Å². The van der Waals surface area contributed by atoms with E-state index in [4.69, 9.17) is 5.11 Å². The Morgan fingerprint density at radius 2 is 1.95 bits per heavy atom. The minimum absolute atomic E-state index is 0.105. The Labute approximate surface area is 111 Å². The molecule has 2 aromatic rings. The number of carbonyl (C=O) groups excluding carboxylic acids is 1. The molecular weight excluding hydrogens is 242 g/mol. The SMILES string of the molecule is CNC(=O)c1ccc(NCc2ccc(O)cn2)cc1. The van der Waals surface area contributed by atoms with Gasteiger partial charge in [-0.3, -0.25) is 9.78 Å². The number of benzene rings is 1. The average molecular weight is 257 g/mol. The third-order valence-corrected chi connectivity index (χ3v) is 2.66. The molecule has 0 saturated carbocycles. The molecule has 1 amide bonds. The van der Waals surface area contributed by atoms with Gasteiger partial charge >= 0.3 is 0 Å². The van der Waals surface area contributed by atoms with Crippen molar-refractivity contribution in [2.24, 2.45) is 0 Å². The van der Waals surface area contributed by atoms with Crippen molar-refractivity contribution >= 4 is 11.6 Å². The molecule has 1 heterocycles. The molecule has 0 spiro atoms. The maximum atomic E-state index is 11.4. The second-order valence-corrected chi connectivity index (χ2v) is 4.02. The first kappa shape index (κ1) is 12.9. The normalized spacial score (nSPS) is 9.95. The van der Waals surface area contributed by atoms with E-state index in [-0.39, 0.29) is 11.7 Å². The van der Waals surface area contributed by atoms with E-state index in [1.165, 1.54) is 6.20 Å². The van der Waals surface area contributed by atoms with Gasteiger partial charge in [0, 0.05) is 18.3 Å². The molecule has 0 atom stereocenters. The van der Waals surface area contributed by atoms with Crippen LogP contribution < -0.4 is 10.6 Å². The molecule has 1 aromatic heterocycles. The number of hydrogen-bond acceptors (Lipinski definition) is 4. The monoisotopic (exact) mass is 257 g/mol. The molecule has 0 unspecified atom stereocenters. The van der Waals surface area contributed by atoms with Crippen LogP contribution >= 0.6 is 0 Å². The largest absolute Gasteiger partial charge is 0.506 e. The maximum Gasteiger partial charge on any atom is 0.251 e. The van der Waals surface area contributed by atoms with E-state index in [1.54, 1.807) is 31.3 Å². The Kier molecular flexibility index (Phi) is 3.97. The molecule has 0 fully saturated rings. The lowest BCUT2D eigenvalue weighted by Crippen LogP contribution is -2.17. The van der Waals surface area contributed by atoms with Crippen LogP contribution in [-0.2, 0) is 6.54 Å². The van der Waals surface area contributed by atoms with Crippen LogP contribution in [0.25, 0.3) is 0 Å². The first-order valence-electron chi connectivity index (χ1n) is 5.89. The minimum Gasteiger partial charge on any atom is -0.506 e. The summed E-state index contributed by atoms with van der Waals surface area (Å²) in [4.78, 5) is 15.4. The van der Waals surface area contributed by atoms with Gasteiger partial charge in [0.2, 0.25) is 0 Å². The van der Waals surface area contributed by atoms with Crippen LogP contribution in [-0.4, -0.2) is 23.0 Å². The van der Waals surface area contributed by atoms with Crippen molar-refractivity contribution in [1.82, 2.24) is 10.3 Å². The smallest absolute Gasteiger partial charge is 0.251 e. The fraction of sp³-hybridized carbons (Fsp3) is 0.143. The van der Waals surface area contributed by atoms with Gasteiger partial charge in [-0.1, -0.05) is 0 Å². The van der Waals surface area contributed by atoms with Gasteiger partial charge in [-0.2, -0.15) is 0 Å². The third kappa shape index (κ3) is 3.45. The Hall–Kier alpha value is -2.56. The molecule has 5 nitrogen and oxygen atoms in total. The van der Waals surface area contributed by atoms with E-state index in [0.717, 1.165) is 11.4 Å². The lowest BCUT2D eigenvalue weighted by Gasteiger charge is -2.07. The van der Waals surface area contributed by atoms with Crippen LogP contribution in [0.3, 0.4) is 0 Å². The zero-order valence-electron chi connectivity index (χ0n) is 10.6. The fourth-order valence-electron chi connectivity index (χ4n) is 1.60. The molecule has 1 aromatic carbocycles. The summed E-state index contributed by atoms with van der Waals surface area (Å²) in [5.74, 6) is 0.0467. The molecule has 5 heteroatoms. The Balaban J connectivity index is 1.96. The van der Waals surface area contributed by atoms with E-state index < -0.39 is 0 Å². The summed E-state index contributed by atoms with van der Waals surface area (Å²) in [5.41, 5.74) is 2.35. The highest BCUT2D eigenvalue weighted by Gasteiger charge is 2.02. The van der Waals surface area contributed by atoms with Crippen LogP contribution in [0.1, 0.15) is 16.1 Å². The van der Waals surface area contributed by atoms with Crippen LogP contribution in [0.4, 0.5) is 5.69 Å².